The van der Waals surface area contributed by atoms with Crippen molar-refractivity contribution in [2.45, 2.75) is 39.3 Å². The first-order chi connectivity index (χ1) is 9.91. The van der Waals surface area contributed by atoms with Gasteiger partial charge < -0.3 is 14.6 Å². The predicted octanol–water partition coefficient (Wildman–Crippen LogP) is 1.13. The zero-order chi connectivity index (χ0) is 15.5. The minimum atomic E-state index is -0.253. The van der Waals surface area contributed by atoms with Gasteiger partial charge in [0.25, 0.3) is 5.56 Å². The van der Waals surface area contributed by atoms with Gasteiger partial charge in [0.05, 0.1) is 12.7 Å². The summed E-state index contributed by atoms with van der Waals surface area (Å²) < 4.78 is 7.43. The number of nitrogens with one attached hydrogen (secondary N) is 1. The first kappa shape index (κ1) is 16.0. The highest BCUT2D eigenvalue weighted by molar-refractivity contribution is 5.31. The van der Waals surface area contributed by atoms with E-state index >= 15 is 0 Å². The van der Waals surface area contributed by atoms with Crippen LogP contribution in [0.25, 0.3) is 0 Å². The molecule has 1 aliphatic rings. The van der Waals surface area contributed by atoms with E-state index in [0.29, 0.717) is 12.4 Å². The summed E-state index contributed by atoms with van der Waals surface area (Å²) in [7, 11) is 0. The molecule has 0 amide bonds. The third kappa shape index (κ3) is 4.04. The molecular formula is C15H26N4O2. The monoisotopic (exact) mass is 294 g/mol. The third-order valence-electron chi connectivity index (χ3n) is 3.73. The normalized spacial score (nSPS) is 20.5. The fraction of sp³-hybridized carbons (Fsp3) is 0.733. The Morgan fingerprint density at radius 1 is 1.48 bits per heavy atom. The van der Waals surface area contributed by atoms with Gasteiger partial charge in [-0.1, -0.05) is 6.92 Å². The fourth-order valence-electron chi connectivity index (χ4n) is 2.46. The number of rotatable bonds is 4. The molecule has 1 aliphatic heterocycles. The van der Waals surface area contributed by atoms with Gasteiger partial charge in [0.2, 0.25) is 0 Å². The molecule has 0 bridgehead atoms. The third-order valence-corrected chi connectivity index (χ3v) is 3.73. The fourth-order valence-corrected chi connectivity index (χ4v) is 2.46. The Hall–Kier alpha value is -1.40. The molecule has 0 spiro atoms. The molecule has 2 rings (SSSR count). The smallest absolute Gasteiger partial charge is 0.293 e. The van der Waals surface area contributed by atoms with Crippen molar-refractivity contribution in [3.63, 3.8) is 0 Å². The second kappa shape index (κ2) is 6.58. The molecule has 0 saturated carbocycles. The highest BCUT2D eigenvalue weighted by Crippen LogP contribution is 2.11. The van der Waals surface area contributed by atoms with Crippen LogP contribution >= 0.6 is 0 Å². The van der Waals surface area contributed by atoms with Gasteiger partial charge >= 0.3 is 0 Å². The van der Waals surface area contributed by atoms with Gasteiger partial charge in [0.1, 0.15) is 0 Å². The average molecular weight is 294 g/mol. The van der Waals surface area contributed by atoms with Crippen LogP contribution in [0.3, 0.4) is 0 Å². The molecule has 1 N–H and O–H groups in total. The van der Waals surface area contributed by atoms with E-state index in [1.807, 2.05) is 20.8 Å². The van der Waals surface area contributed by atoms with Crippen LogP contribution in [-0.2, 0) is 10.3 Å². The second-order valence-corrected chi connectivity index (χ2v) is 6.39. The van der Waals surface area contributed by atoms with Crippen LogP contribution in [0, 0.1) is 0 Å². The van der Waals surface area contributed by atoms with E-state index in [1.54, 1.807) is 17.0 Å². The van der Waals surface area contributed by atoms with Gasteiger partial charge in [-0.25, -0.2) is 4.98 Å². The summed E-state index contributed by atoms with van der Waals surface area (Å²) in [6.07, 6.45) is 3.49. The number of nitrogens with zero attached hydrogens (tertiary/aromatic N) is 3. The highest BCUT2D eigenvalue weighted by atomic mass is 16.5. The van der Waals surface area contributed by atoms with E-state index in [2.05, 4.69) is 22.1 Å². The van der Waals surface area contributed by atoms with Crippen molar-refractivity contribution in [1.82, 2.24) is 14.5 Å². The number of likely N-dealkylation sites (N-methyl/N-ethyl adjacent to an activating group) is 1. The van der Waals surface area contributed by atoms with Crippen molar-refractivity contribution in [3.8, 4) is 0 Å². The molecule has 0 aromatic carbocycles. The quantitative estimate of drug-likeness (QED) is 0.902. The van der Waals surface area contributed by atoms with E-state index in [1.165, 1.54) is 0 Å². The zero-order valence-electron chi connectivity index (χ0n) is 13.4. The van der Waals surface area contributed by atoms with Gasteiger partial charge in [-0.3, -0.25) is 9.69 Å². The second-order valence-electron chi connectivity index (χ2n) is 6.39. The molecule has 1 aromatic heterocycles. The molecule has 1 saturated heterocycles. The molecule has 118 valence electrons. The Kier molecular flexibility index (Phi) is 5.00. The number of ether oxygens (including phenoxy) is 1. The summed E-state index contributed by atoms with van der Waals surface area (Å²) in [6, 6.07) is 0. The van der Waals surface area contributed by atoms with Crippen LogP contribution in [0.5, 0.6) is 0 Å². The van der Waals surface area contributed by atoms with Gasteiger partial charge in [0, 0.05) is 37.6 Å². The molecule has 2 heterocycles. The summed E-state index contributed by atoms with van der Waals surface area (Å²) in [5.41, 5.74) is -0.343. The summed E-state index contributed by atoms with van der Waals surface area (Å²) in [5, 5.41) is 3.14. The lowest BCUT2D eigenvalue weighted by molar-refractivity contribution is -0.0192. The van der Waals surface area contributed by atoms with Crippen molar-refractivity contribution >= 4 is 5.82 Å². The minimum absolute atomic E-state index is 0.0897. The lowest BCUT2D eigenvalue weighted by Crippen LogP contribution is -2.45. The largest absolute Gasteiger partial charge is 0.374 e. The SMILES string of the molecule is CCN1CCOC(CNc2nccn(C(C)(C)C)c2=O)C1. The van der Waals surface area contributed by atoms with Gasteiger partial charge in [-0.2, -0.15) is 0 Å². The van der Waals surface area contributed by atoms with Crippen molar-refractivity contribution in [3.05, 3.63) is 22.7 Å². The molecule has 6 heteroatoms. The van der Waals surface area contributed by atoms with Gasteiger partial charge in [-0.15, -0.1) is 0 Å². The van der Waals surface area contributed by atoms with Crippen molar-refractivity contribution < 1.29 is 4.74 Å². The van der Waals surface area contributed by atoms with Crippen LogP contribution in [0.15, 0.2) is 17.2 Å². The number of aromatic nitrogens is 2. The Morgan fingerprint density at radius 3 is 2.90 bits per heavy atom. The molecule has 0 radical (unpaired) electrons. The molecule has 21 heavy (non-hydrogen) atoms. The van der Waals surface area contributed by atoms with Crippen molar-refractivity contribution in [2.24, 2.45) is 0 Å². The topological polar surface area (TPSA) is 59.4 Å². The van der Waals surface area contributed by atoms with E-state index in [4.69, 9.17) is 4.74 Å². The van der Waals surface area contributed by atoms with Crippen molar-refractivity contribution in [2.75, 3.05) is 38.1 Å². The molecule has 0 aliphatic carbocycles. The van der Waals surface area contributed by atoms with Crippen LogP contribution in [0.4, 0.5) is 5.82 Å². The maximum Gasteiger partial charge on any atom is 0.293 e. The number of morpholine rings is 1. The summed E-state index contributed by atoms with van der Waals surface area (Å²) in [5.74, 6) is 0.393. The zero-order valence-corrected chi connectivity index (χ0v) is 13.4. The highest BCUT2D eigenvalue weighted by Gasteiger charge is 2.20. The molecular weight excluding hydrogens is 268 g/mol. The maximum absolute atomic E-state index is 12.4. The number of anilines is 1. The number of hydrogen-bond donors (Lipinski definition) is 1. The summed E-state index contributed by atoms with van der Waals surface area (Å²) in [6.45, 7) is 12.4. The van der Waals surface area contributed by atoms with Crippen LogP contribution in [0.2, 0.25) is 0 Å². The predicted molar refractivity (Wildman–Crippen MR) is 83.8 cm³/mol. The standard InChI is InChI=1S/C15H26N4O2/c1-5-18-8-9-21-12(11-18)10-17-13-14(20)19(7-6-16-13)15(2,3)4/h6-7,12H,5,8-11H2,1-4H3,(H,16,17). The summed E-state index contributed by atoms with van der Waals surface area (Å²) in [4.78, 5) is 18.9. The minimum Gasteiger partial charge on any atom is -0.374 e. The van der Waals surface area contributed by atoms with E-state index in [0.717, 1.165) is 26.2 Å². The van der Waals surface area contributed by atoms with Crippen LogP contribution < -0.4 is 10.9 Å². The Bertz CT molecular complexity index is 521. The Labute approximate surface area is 126 Å². The molecule has 6 nitrogen and oxygen atoms in total. The lowest BCUT2D eigenvalue weighted by atomic mass is 10.1. The van der Waals surface area contributed by atoms with Crippen molar-refractivity contribution in [1.29, 1.82) is 0 Å². The van der Waals surface area contributed by atoms with Gasteiger partial charge in [0.15, 0.2) is 5.82 Å². The van der Waals surface area contributed by atoms with Crippen LogP contribution in [-0.4, -0.2) is 53.3 Å². The first-order valence-electron chi connectivity index (χ1n) is 7.57. The average Bonchev–Trinajstić information content (AvgIpc) is 2.45. The lowest BCUT2D eigenvalue weighted by Gasteiger charge is -2.32. The van der Waals surface area contributed by atoms with Gasteiger partial charge in [-0.05, 0) is 27.3 Å². The van der Waals surface area contributed by atoms with Crippen LogP contribution in [0.1, 0.15) is 27.7 Å². The van der Waals surface area contributed by atoms with E-state index in [9.17, 15) is 4.79 Å². The van der Waals surface area contributed by atoms with E-state index in [-0.39, 0.29) is 17.2 Å². The van der Waals surface area contributed by atoms with E-state index < -0.39 is 0 Å². The Balaban J connectivity index is 2.02. The first-order valence-corrected chi connectivity index (χ1v) is 7.57. The molecule has 1 fully saturated rings. The molecule has 1 aromatic rings. The Morgan fingerprint density at radius 2 is 2.24 bits per heavy atom. The molecule has 1 unspecified atom stereocenters. The maximum atomic E-state index is 12.4. The summed E-state index contributed by atoms with van der Waals surface area (Å²) >= 11 is 0. The number of hydrogen-bond acceptors (Lipinski definition) is 5. The molecule has 1 atom stereocenters.